The highest BCUT2D eigenvalue weighted by Crippen LogP contribution is 2.45. The highest BCUT2D eigenvalue weighted by atomic mass is 31.2. The van der Waals surface area contributed by atoms with Gasteiger partial charge in [0.2, 0.25) is 5.91 Å². The van der Waals surface area contributed by atoms with Gasteiger partial charge in [0.15, 0.2) is 11.4 Å². The third kappa shape index (κ3) is 7.01. The van der Waals surface area contributed by atoms with Gasteiger partial charge in [0.1, 0.15) is 36.1 Å². The molecule has 0 aromatic carbocycles. The van der Waals surface area contributed by atoms with E-state index in [1.807, 2.05) is 0 Å². The Balaban J connectivity index is 1.80. The molecule has 40 heavy (non-hydrogen) atoms. The first-order valence-corrected chi connectivity index (χ1v) is 14.2. The first kappa shape index (κ1) is 31.1. The molecule has 3 N–H and O–H groups in total. The van der Waals surface area contributed by atoms with Gasteiger partial charge in [0.05, 0.1) is 26.5 Å². The van der Waals surface area contributed by atoms with Crippen molar-refractivity contribution in [2.75, 3.05) is 26.1 Å². The van der Waals surface area contributed by atoms with E-state index in [2.05, 4.69) is 41.1 Å². The third-order valence-electron chi connectivity index (χ3n) is 6.28. The van der Waals surface area contributed by atoms with Gasteiger partial charge >= 0.3 is 19.6 Å². The van der Waals surface area contributed by atoms with Crippen LogP contribution in [-0.4, -0.2) is 71.0 Å². The molecule has 2 aromatic heterocycles. The van der Waals surface area contributed by atoms with E-state index in [9.17, 15) is 24.2 Å². The molecular weight excluding hydrogens is 545 g/mol. The van der Waals surface area contributed by atoms with Gasteiger partial charge in [-0.3, -0.25) is 18.9 Å². The number of amides is 1. The number of aromatic nitrogens is 3. The average molecular weight is 580 g/mol. The maximum atomic E-state index is 13.7. The fourth-order valence-corrected chi connectivity index (χ4v) is 5.86. The van der Waals surface area contributed by atoms with E-state index in [4.69, 9.17) is 9.26 Å². The van der Waals surface area contributed by atoms with Crippen molar-refractivity contribution >= 4 is 36.9 Å². The highest BCUT2D eigenvalue weighted by Gasteiger charge is 2.45. The summed E-state index contributed by atoms with van der Waals surface area (Å²) in [5.41, 5.74) is -0.335. The zero-order valence-corrected chi connectivity index (χ0v) is 24.1. The minimum Gasteiger partial charge on any atom is -0.468 e. The Hall–Kier alpha value is -3.41. The first-order valence-electron chi connectivity index (χ1n) is 12.6. The topological polar surface area (TPSA) is 195 Å². The van der Waals surface area contributed by atoms with Crippen molar-refractivity contribution in [2.45, 2.75) is 64.3 Å². The van der Waals surface area contributed by atoms with E-state index < -0.39 is 50.0 Å². The van der Waals surface area contributed by atoms with Crippen LogP contribution >= 0.6 is 7.67 Å². The van der Waals surface area contributed by atoms with E-state index in [0.717, 1.165) is 0 Å². The number of ether oxygens (including phenoxy) is 3. The Labute approximate surface area is 231 Å². The van der Waals surface area contributed by atoms with Crippen molar-refractivity contribution in [1.82, 2.24) is 24.8 Å². The van der Waals surface area contributed by atoms with Crippen LogP contribution in [0.2, 0.25) is 0 Å². The fraction of sp³-hybridized carbons (Fsp3) is 0.583. The van der Waals surface area contributed by atoms with Crippen LogP contribution in [-0.2, 0) is 37.7 Å². The second-order valence-corrected chi connectivity index (χ2v) is 11.5. The standard InChI is InChI=1S/C24H34N7O8P/c1-14(2)21(32)28-20-18-8-7-17(31(18)27-13-26-20)19-9-10-24(11-25,39-19)12-38-40(35,29-15(3)22(33)36-5)30-16(4)23(34)37-6/h7-8,13-16,19H,9-10,12H2,1-6H3,(H2,29,30,35)(H,26,27,28,32)/t15-,16-,19+,24+/m0/s1. The lowest BCUT2D eigenvalue weighted by atomic mass is 10.0. The number of carbonyl (C=O) groups is 3. The number of esters is 2. The number of rotatable bonds is 12. The first-order chi connectivity index (χ1) is 18.9. The molecule has 15 nitrogen and oxygen atoms in total. The molecule has 1 saturated heterocycles. The van der Waals surface area contributed by atoms with Gasteiger partial charge in [0.25, 0.3) is 0 Å². The molecule has 2 aromatic rings. The normalized spacial score (nSPS) is 20.6. The van der Waals surface area contributed by atoms with Gasteiger partial charge in [-0.25, -0.2) is 19.7 Å². The summed E-state index contributed by atoms with van der Waals surface area (Å²) in [6.07, 6.45) is 1.35. The minimum absolute atomic E-state index is 0.198. The molecule has 1 fully saturated rings. The largest absolute Gasteiger partial charge is 0.468 e. The summed E-state index contributed by atoms with van der Waals surface area (Å²) < 4.78 is 36.4. The van der Waals surface area contributed by atoms with Crippen LogP contribution in [0.4, 0.5) is 5.82 Å². The van der Waals surface area contributed by atoms with E-state index in [1.54, 1.807) is 30.5 Å². The van der Waals surface area contributed by atoms with E-state index in [1.165, 1.54) is 34.4 Å². The highest BCUT2D eigenvalue weighted by molar-refractivity contribution is 7.54. The third-order valence-corrected chi connectivity index (χ3v) is 8.22. The second kappa shape index (κ2) is 12.8. The number of hydrogen-bond donors (Lipinski definition) is 3. The van der Waals surface area contributed by atoms with E-state index in [0.29, 0.717) is 23.4 Å². The van der Waals surface area contributed by atoms with Crippen molar-refractivity contribution in [3.05, 3.63) is 24.2 Å². The molecular formula is C24H34N7O8P. The zero-order valence-electron chi connectivity index (χ0n) is 23.2. The Morgan fingerprint density at radius 3 is 2.35 bits per heavy atom. The number of anilines is 1. The lowest BCUT2D eigenvalue weighted by molar-refractivity contribution is -0.142. The van der Waals surface area contributed by atoms with Crippen LogP contribution < -0.4 is 15.5 Å². The van der Waals surface area contributed by atoms with Gasteiger partial charge < -0.3 is 24.1 Å². The predicted molar refractivity (Wildman–Crippen MR) is 141 cm³/mol. The Morgan fingerprint density at radius 2 is 1.80 bits per heavy atom. The van der Waals surface area contributed by atoms with Crippen LogP contribution in [0.5, 0.6) is 0 Å². The lowest BCUT2D eigenvalue weighted by Crippen LogP contribution is -2.43. The molecule has 3 heterocycles. The number of nitrogens with zero attached hydrogens (tertiary/aromatic N) is 4. The number of methoxy groups -OCH3 is 2. The quantitative estimate of drug-likeness (QED) is 0.244. The van der Waals surface area contributed by atoms with Crippen LogP contribution in [0.25, 0.3) is 5.52 Å². The van der Waals surface area contributed by atoms with E-state index in [-0.39, 0.29) is 18.2 Å². The SMILES string of the molecule is COC(=O)[C@H](C)NP(=O)(N[C@@H](C)C(=O)OC)OC[C@]1(C#N)CC[C@H](c2ccc3c(NC(=O)C(C)C)ncnn23)O1. The monoisotopic (exact) mass is 579 g/mol. The molecule has 0 saturated carbocycles. The van der Waals surface area contributed by atoms with Crippen LogP contribution in [0.3, 0.4) is 0 Å². The summed E-state index contributed by atoms with van der Waals surface area (Å²) in [6.45, 7) is 5.90. The van der Waals surface area contributed by atoms with Crippen LogP contribution in [0, 0.1) is 17.2 Å². The number of nitrogens with one attached hydrogen (secondary N) is 3. The molecule has 1 aliphatic rings. The minimum atomic E-state index is -4.12. The van der Waals surface area contributed by atoms with Gasteiger partial charge in [0, 0.05) is 5.92 Å². The lowest BCUT2D eigenvalue weighted by Gasteiger charge is -2.28. The number of fused-ring (bicyclic) bond motifs is 1. The predicted octanol–water partition coefficient (Wildman–Crippen LogP) is 1.86. The molecule has 0 bridgehead atoms. The molecule has 0 radical (unpaired) electrons. The summed E-state index contributed by atoms with van der Waals surface area (Å²) in [6, 6.07) is 3.47. The van der Waals surface area contributed by atoms with Crippen molar-refractivity contribution < 1.29 is 37.7 Å². The fourth-order valence-electron chi connectivity index (χ4n) is 4.01. The summed E-state index contributed by atoms with van der Waals surface area (Å²) in [5, 5.41) is 22.2. The van der Waals surface area contributed by atoms with Crippen molar-refractivity contribution in [1.29, 1.82) is 5.26 Å². The van der Waals surface area contributed by atoms with Crippen LogP contribution in [0.15, 0.2) is 18.5 Å². The van der Waals surface area contributed by atoms with Gasteiger partial charge in [-0.15, -0.1) is 0 Å². The summed E-state index contributed by atoms with van der Waals surface area (Å²) in [5.74, 6) is -1.53. The summed E-state index contributed by atoms with van der Waals surface area (Å²) >= 11 is 0. The van der Waals surface area contributed by atoms with Crippen molar-refractivity contribution in [3.8, 4) is 6.07 Å². The summed E-state index contributed by atoms with van der Waals surface area (Å²) in [7, 11) is -1.78. The number of carbonyl (C=O) groups excluding carboxylic acids is 3. The van der Waals surface area contributed by atoms with Crippen LogP contribution in [0.1, 0.15) is 52.3 Å². The maximum absolute atomic E-state index is 13.7. The second-order valence-electron chi connectivity index (χ2n) is 9.63. The van der Waals surface area contributed by atoms with Gasteiger partial charge in [-0.1, -0.05) is 13.8 Å². The zero-order chi connectivity index (χ0) is 29.7. The maximum Gasteiger partial charge on any atom is 0.342 e. The molecule has 3 rings (SSSR count). The molecule has 16 heteroatoms. The molecule has 0 spiro atoms. The van der Waals surface area contributed by atoms with Gasteiger partial charge in [-0.2, -0.15) is 10.4 Å². The smallest absolute Gasteiger partial charge is 0.342 e. The van der Waals surface area contributed by atoms with Crippen molar-refractivity contribution in [2.24, 2.45) is 5.92 Å². The van der Waals surface area contributed by atoms with E-state index >= 15 is 0 Å². The number of nitriles is 1. The Kier molecular flexibility index (Phi) is 9.99. The molecule has 0 aliphatic carbocycles. The van der Waals surface area contributed by atoms with Crippen molar-refractivity contribution in [3.63, 3.8) is 0 Å². The molecule has 0 unspecified atom stereocenters. The number of hydrogen-bond acceptors (Lipinski definition) is 11. The molecule has 4 atom stereocenters. The average Bonchev–Trinajstić information content (AvgIpc) is 3.56. The Morgan fingerprint density at radius 1 is 1.18 bits per heavy atom. The summed E-state index contributed by atoms with van der Waals surface area (Å²) in [4.78, 5) is 40.3. The Bertz CT molecular complexity index is 1310. The van der Waals surface area contributed by atoms with Gasteiger partial charge in [-0.05, 0) is 38.8 Å². The molecule has 218 valence electrons. The molecule has 1 amide bonds. The molecule has 1 aliphatic heterocycles.